The molecule has 1 aliphatic carbocycles. The molecule has 0 spiro atoms. The maximum atomic E-state index is 11.9. The first-order valence-corrected chi connectivity index (χ1v) is 7.99. The Morgan fingerprint density at radius 1 is 1.37 bits per heavy atom. The van der Waals surface area contributed by atoms with Gasteiger partial charge >= 0.3 is 0 Å². The predicted molar refractivity (Wildman–Crippen MR) is 76.1 cm³/mol. The van der Waals surface area contributed by atoms with E-state index in [1.807, 2.05) is 18.5 Å². The van der Waals surface area contributed by atoms with Gasteiger partial charge in [-0.25, -0.2) is 0 Å². The second-order valence-electron chi connectivity index (χ2n) is 5.00. The molecule has 0 aromatic carbocycles. The summed E-state index contributed by atoms with van der Waals surface area (Å²) in [7, 11) is 1.94. The summed E-state index contributed by atoms with van der Waals surface area (Å²) in [5.41, 5.74) is 0. The number of nitrogens with zero attached hydrogens (tertiary/aromatic N) is 3. The van der Waals surface area contributed by atoms with Crippen LogP contribution in [0, 0.1) is 0 Å². The lowest BCUT2D eigenvalue weighted by atomic mass is 9.95. The highest BCUT2D eigenvalue weighted by atomic mass is 32.2. The Balaban J connectivity index is 1.77. The summed E-state index contributed by atoms with van der Waals surface area (Å²) in [5.74, 6) is 1.49. The number of rotatable bonds is 5. The lowest BCUT2D eigenvalue weighted by molar-refractivity contribution is -0.119. The second-order valence-corrected chi connectivity index (χ2v) is 5.94. The summed E-state index contributed by atoms with van der Waals surface area (Å²) < 4.78 is 1.96. The topological polar surface area (TPSA) is 59.8 Å². The molecule has 0 saturated heterocycles. The van der Waals surface area contributed by atoms with Gasteiger partial charge < -0.3 is 9.88 Å². The van der Waals surface area contributed by atoms with Crippen molar-refractivity contribution in [2.24, 2.45) is 7.05 Å². The normalized spacial score (nSPS) is 16.5. The third-order valence-corrected chi connectivity index (χ3v) is 4.56. The van der Waals surface area contributed by atoms with Crippen molar-refractivity contribution in [2.75, 3.05) is 5.75 Å². The Morgan fingerprint density at radius 3 is 2.74 bits per heavy atom. The average Bonchev–Trinajstić information content (AvgIpc) is 2.78. The van der Waals surface area contributed by atoms with Gasteiger partial charge in [0.05, 0.1) is 5.75 Å². The summed E-state index contributed by atoms with van der Waals surface area (Å²) >= 11 is 1.46. The molecule has 5 nitrogen and oxygen atoms in total. The van der Waals surface area contributed by atoms with E-state index in [0.717, 1.165) is 30.2 Å². The van der Waals surface area contributed by atoms with Crippen LogP contribution in [0.3, 0.4) is 0 Å². The van der Waals surface area contributed by atoms with Gasteiger partial charge in [-0.3, -0.25) is 4.79 Å². The molecule has 1 amide bonds. The van der Waals surface area contributed by atoms with Gasteiger partial charge in [-0.15, -0.1) is 10.2 Å². The number of nitrogens with one attached hydrogen (secondary N) is 1. The lowest BCUT2D eigenvalue weighted by Crippen LogP contribution is -2.37. The van der Waals surface area contributed by atoms with Gasteiger partial charge in [0.15, 0.2) is 5.16 Å². The van der Waals surface area contributed by atoms with Crippen molar-refractivity contribution in [2.45, 2.75) is 56.6 Å². The lowest BCUT2D eigenvalue weighted by Gasteiger charge is -2.22. The molecule has 1 fully saturated rings. The number of amides is 1. The van der Waals surface area contributed by atoms with E-state index in [1.165, 1.54) is 31.0 Å². The number of thioether (sulfide) groups is 1. The number of aryl methyl sites for hydroxylation is 1. The van der Waals surface area contributed by atoms with E-state index in [4.69, 9.17) is 0 Å². The maximum absolute atomic E-state index is 11.9. The zero-order valence-electron chi connectivity index (χ0n) is 11.7. The highest BCUT2D eigenvalue weighted by Gasteiger charge is 2.16. The van der Waals surface area contributed by atoms with Crippen molar-refractivity contribution in [3.63, 3.8) is 0 Å². The van der Waals surface area contributed by atoms with Crippen molar-refractivity contribution in [3.05, 3.63) is 5.82 Å². The molecule has 106 valence electrons. The van der Waals surface area contributed by atoms with Gasteiger partial charge in [0.1, 0.15) is 5.82 Å². The largest absolute Gasteiger partial charge is 0.353 e. The van der Waals surface area contributed by atoms with Crippen LogP contribution in [-0.4, -0.2) is 32.5 Å². The fourth-order valence-electron chi connectivity index (χ4n) is 2.42. The van der Waals surface area contributed by atoms with E-state index >= 15 is 0 Å². The van der Waals surface area contributed by atoms with Crippen molar-refractivity contribution >= 4 is 17.7 Å². The second kappa shape index (κ2) is 6.93. The molecule has 2 rings (SSSR count). The van der Waals surface area contributed by atoms with Gasteiger partial charge in [0, 0.05) is 19.5 Å². The van der Waals surface area contributed by atoms with E-state index in [0.29, 0.717) is 11.8 Å². The number of hydrogen-bond acceptors (Lipinski definition) is 4. The molecule has 6 heteroatoms. The Morgan fingerprint density at radius 2 is 2.11 bits per heavy atom. The monoisotopic (exact) mass is 282 g/mol. The molecule has 0 bridgehead atoms. The van der Waals surface area contributed by atoms with Crippen molar-refractivity contribution < 1.29 is 4.79 Å². The zero-order valence-corrected chi connectivity index (χ0v) is 12.5. The molecule has 1 heterocycles. The minimum atomic E-state index is 0.109. The smallest absolute Gasteiger partial charge is 0.230 e. The van der Waals surface area contributed by atoms with Crippen LogP contribution < -0.4 is 5.32 Å². The Hall–Kier alpha value is -1.04. The Kier molecular flexibility index (Phi) is 5.24. The number of hydrogen-bond donors (Lipinski definition) is 1. The SMILES string of the molecule is CCc1nnc(SCC(=O)NC2CCCCC2)n1C. The molecule has 0 radical (unpaired) electrons. The van der Waals surface area contributed by atoms with Crippen LogP contribution in [0.4, 0.5) is 0 Å². The highest BCUT2D eigenvalue weighted by Crippen LogP contribution is 2.19. The fraction of sp³-hybridized carbons (Fsp3) is 0.769. The fourth-order valence-corrected chi connectivity index (χ4v) is 3.17. The van der Waals surface area contributed by atoms with Crippen LogP contribution in [0.15, 0.2) is 5.16 Å². The van der Waals surface area contributed by atoms with E-state index in [9.17, 15) is 4.79 Å². The summed E-state index contributed by atoms with van der Waals surface area (Å²) in [5, 5.41) is 12.1. The van der Waals surface area contributed by atoms with Gasteiger partial charge in [0.2, 0.25) is 5.91 Å². The molecule has 0 atom stereocenters. The van der Waals surface area contributed by atoms with E-state index in [2.05, 4.69) is 15.5 Å². The Labute approximate surface area is 118 Å². The van der Waals surface area contributed by atoms with Crippen molar-refractivity contribution in [3.8, 4) is 0 Å². The molecular formula is C13H22N4OS. The molecule has 0 aliphatic heterocycles. The first-order valence-electron chi connectivity index (χ1n) is 7.01. The average molecular weight is 282 g/mol. The minimum absolute atomic E-state index is 0.109. The molecule has 1 aliphatic rings. The Bertz CT molecular complexity index is 426. The molecule has 1 aromatic heterocycles. The van der Waals surface area contributed by atoms with Gasteiger partial charge in [-0.2, -0.15) is 0 Å². The van der Waals surface area contributed by atoms with E-state index < -0.39 is 0 Å². The van der Waals surface area contributed by atoms with Gasteiger partial charge in [-0.1, -0.05) is 37.9 Å². The van der Waals surface area contributed by atoms with Gasteiger partial charge in [-0.05, 0) is 12.8 Å². The molecular weight excluding hydrogens is 260 g/mol. The van der Waals surface area contributed by atoms with Crippen LogP contribution in [0.1, 0.15) is 44.9 Å². The van der Waals surface area contributed by atoms with E-state index in [-0.39, 0.29) is 5.91 Å². The maximum Gasteiger partial charge on any atom is 0.230 e. The third-order valence-electron chi connectivity index (χ3n) is 3.54. The first kappa shape index (κ1) is 14.4. The highest BCUT2D eigenvalue weighted by molar-refractivity contribution is 7.99. The van der Waals surface area contributed by atoms with Crippen molar-refractivity contribution in [1.29, 1.82) is 0 Å². The summed E-state index contributed by atoms with van der Waals surface area (Å²) in [6.07, 6.45) is 6.89. The standard InChI is InChI=1S/C13H22N4OS/c1-3-11-15-16-13(17(11)2)19-9-12(18)14-10-7-5-4-6-8-10/h10H,3-9H2,1-2H3,(H,14,18). The molecule has 19 heavy (non-hydrogen) atoms. The summed E-state index contributed by atoms with van der Waals surface area (Å²) in [6, 6.07) is 0.382. The van der Waals surface area contributed by atoms with Crippen molar-refractivity contribution in [1.82, 2.24) is 20.1 Å². The van der Waals surface area contributed by atoms with Crippen LogP contribution in [0.5, 0.6) is 0 Å². The van der Waals surface area contributed by atoms with Crippen LogP contribution in [0.2, 0.25) is 0 Å². The quantitative estimate of drug-likeness (QED) is 0.838. The molecule has 1 aromatic rings. The number of carbonyl (C=O) groups excluding carboxylic acids is 1. The number of aromatic nitrogens is 3. The van der Waals surface area contributed by atoms with Gasteiger partial charge in [0.25, 0.3) is 0 Å². The summed E-state index contributed by atoms with van der Waals surface area (Å²) in [4.78, 5) is 11.9. The summed E-state index contributed by atoms with van der Waals surface area (Å²) in [6.45, 7) is 2.05. The van der Waals surface area contributed by atoms with Crippen LogP contribution in [0.25, 0.3) is 0 Å². The van der Waals surface area contributed by atoms with Crippen LogP contribution in [-0.2, 0) is 18.3 Å². The minimum Gasteiger partial charge on any atom is -0.353 e. The number of carbonyl (C=O) groups is 1. The molecule has 1 N–H and O–H groups in total. The predicted octanol–water partition coefficient (Wildman–Crippen LogP) is 1.92. The zero-order chi connectivity index (χ0) is 13.7. The first-order chi connectivity index (χ1) is 9.20. The van der Waals surface area contributed by atoms with Crippen LogP contribution >= 0.6 is 11.8 Å². The van der Waals surface area contributed by atoms with E-state index in [1.54, 1.807) is 0 Å². The molecule has 1 saturated carbocycles. The molecule has 0 unspecified atom stereocenters. The third kappa shape index (κ3) is 3.96.